The zero-order valence-electron chi connectivity index (χ0n) is 6.09. The predicted octanol–water partition coefficient (Wildman–Crippen LogP) is 1.50. The lowest BCUT2D eigenvalue weighted by Gasteiger charge is -2.24. The van der Waals surface area contributed by atoms with Crippen LogP contribution in [0.4, 0.5) is 0 Å². The van der Waals surface area contributed by atoms with E-state index in [1.807, 2.05) is 0 Å². The van der Waals surface area contributed by atoms with Crippen molar-refractivity contribution in [1.29, 1.82) is 0 Å². The summed E-state index contributed by atoms with van der Waals surface area (Å²) >= 11 is 0. The topological polar surface area (TPSA) is 14.1 Å². The van der Waals surface area contributed by atoms with Crippen LogP contribution in [0.15, 0.2) is 23.8 Å². The quantitative estimate of drug-likeness (QED) is 0.446. The van der Waals surface area contributed by atoms with Gasteiger partial charge in [0.1, 0.15) is 0 Å². The van der Waals surface area contributed by atoms with Crippen LogP contribution < -0.4 is 5.32 Å². The highest BCUT2D eigenvalue weighted by Gasteiger charge is 2.17. The fourth-order valence-electron chi connectivity index (χ4n) is 1.65. The summed E-state index contributed by atoms with van der Waals surface area (Å²) in [5.41, 5.74) is 1.62. The first-order valence-corrected chi connectivity index (χ1v) is 3.94. The Morgan fingerprint density at radius 2 is 2.40 bits per heavy atom. The Morgan fingerprint density at radius 3 is 3.30 bits per heavy atom. The van der Waals surface area contributed by atoms with Crippen LogP contribution in [0.2, 0.25) is 0 Å². The van der Waals surface area contributed by atoms with Crippen LogP contribution in [0.1, 0.15) is 12.8 Å². The van der Waals surface area contributed by atoms with Gasteiger partial charge < -0.3 is 0 Å². The number of rotatable bonds is 0. The number of nitrogens with zero attached hydrogens (tertiary/aromatic N) is 1. The number of fused-ring (bicyclic) bond motifs is 1. The van der Waals surface area contributed by atoms with Crippen LogP contribution in [-0.4, -0.2) is 13.1 Å². The van der Waals surface area contributed by atoms with Gasteiger partial charge in [-0.15, -0.1) is 0 Å². The molecule has 0 aromatic heterocycles. The van der Waals surface area contributed by atoms with Crippen molar-refractivity contribution >= 4 is 0 Å². The van der Waals surface area contributed by atoms with Crippen LogP contribution in [-0.2, 0) is 0 Å². The molecule has 10 heavy (non-hydrogen) atoms. The molecule has 1 heteroatoms. The second-order valence-corrected chi connectivity index (χ2v) is 2.98. The first kappa shape index (κ1) is 6.17. The summed E-state index contributed by atoms with van der Waals surface area (Å²) in [5.74, 6) is 0.763. The molecule has 1 nitrogen and oxygen atoms in total. The van der Waals surface area contributed by atoms with Crippen molar-refractivity contribution in [2.75, 3.05) is 13.1 Å². The number of allylic oxidation sites excluding steroid dienone is 2. The van der Waals surface area contributed by atoms with E-state index in [4.69, 9.17) is 0 Å². The normalized spacial score (nSPS) is 31.2. The van der Waals surface area contributed by atoms with E-state index in [1.165, 1.54) is 12.8 Å². The third-order valence-electron chi connectivity index (χ3n) is 2.30. The van der Waals surface area contributed by atoms with Gasteiger partial charge in [-0.3, -0.25) is 0 Å². The van der Waals surface area contributed by atoms with Crippen molar-refractivity contribution in [2.45, 2.75) is 12.8 Å². The Balaban J connectivity index is 2.17. The highest BCUT2D eigenvalue weighted by Crippen LogP contribution is 2.25. The van der Waals surface area contributed by atoms with Crippen molar-refractivity contribution in [1.82, 2.24) is 5.32 Å². The summed E-state index contributed by atoms with van der Waals surface area (Å²) in [7, 11) is 0. The zero-order valence-corrected chi connectivity index (χ0v) is 6.09. The lowest BCUT2D eigenvalue weighted by Crippen LogP contribution is -2.24. The zero-order chi connectivity index (χ0) is 6.81. The average molecular weight is 134 g/mol. The van der Waals surface area contributed by atoms with E-state index in [-0.39, 0.29) is 0 Å². The third kappa shape index (κ3) is 1.01. The molecule has 0 spiro atoms. The summed E-state index contributed by atoms with van der Waals surface area (Å²) in [6.07, 6.45) is 9.24. The first-order chi connectivity index (χ1) is 4.97. The lowest BCUT2D eigenvalue weighted by molar-refractivity contribution is 0.508. The van der Waals surface area contributed by atoms with Gasteiger partial charge in [-0.1, -0.05) is 23.8 Å². The van der Waals surface area contributed by atoms with E-state index >= 15 is 0 Å². The van der Waals surface area contributed by atoms with Gasteiger partial charge in [-0.25, -0.2) is 5.32 Å². The van der Waals surface area contributed by atoms with E-state index in [1.54, 1.807) is 5.57 Å². The standard InChI is InChI=1S/C9H12N/c1-2-4-9-7-10-6-5-8(9)3-1/h1-2,5,9H,3-4,6-7H2. The molecular weight excluding hydrogens is 122 g/mol. The molecule has 2 rings (SSSR count). The largest absolute Gasteiger partial charge is 0.237 e. The highest BCUT2D eigenvalue weighted by molar-refractivity contribution is 5.19. The maximum Gasteiger partial charge on any atom is 0.0317 e. The van der Waals surface area contributed by atoms with Crippen LogP contribution in [0.5, 0.6) is 0 Å². The molecule has 0 aromatic carbocycles. The van der Waals surface area contributed by atoms with Crippen molar-refractivity contribution in [3.05, 3.63) is 23.8 Å². The molecule has 2 aliphatic rings. The Bertz CT molecular complexity index is 179. The van der Waals surface area contributed by atoms with E-state index in [9.17, 15) is 0 Å². The number of hydrogen-bond acceptors (Lipinski definition) is 0. The minimum absolute atomic E-state index is 0.763. The molecular formula is C9H12N. The SMILES string of the molecule is C1=CCC2C[N]CC=C2C1. The van der Waals surface area contributed by atoms with Crippen molar-refractivity contribution in [3.8, 4) is 0 Å². The molecule has 1 aliphatic carbocycles. The highest BCUT2D eigenvalue weighted by atomic mass is 14.9. The van der Waals surface area contributed by atoms with Crippen LogP contribution >= 0.6 is 0 Å². The molecule has 53 valence electrons. The molecule has 1 heterocycles. The summed E-state index contributed by atoms with van der Waals surface area (Å²) in [6.45, 7) is 2.02. The van der Waals surface area contributed by atoms with E-state index in [0.29, 0.717) is 0 Å². The molecule has 0 saturated carbocycles. The third-order valence-corrected chi connectivity index (χ3v) is 2.30. The van der Waals surface area contributed by atoms with Gasteiger partial charge in [-0.2, -0.15) is 0 Å². The maximum atomic E-state index is 4.35. The van der Waals surface area contributed by atoms with Crippen molar-refractivity contribution in [3.63, 3.8) is 0 Å². The van der Waals surface area contributed by atoms with Gasteiger partial charge in [0, 0.05) is 13.1 Å². The predicted molar refractivity (Wildman–Crippen MR) is 41.8 cm³/mol. The monoisotopic (exact) mass is 134 g/mol. The van der Waals surface area contributed by atoms with Crippen molar-refractivity contribution < 1.29 is 0 Å². The maximum absolute atomic E-state index is 4.35. The molecule has 0 amide bonds. The summed E-state index contributed by atoms with van der Waals surface area (Å²) in [5, 5.41) is 4.35. The number of hydrogen-bond donors (Lipinski definition) is 0. The van der Waals surface area contributed by atoms with Gasteiger partial charge in [0.25, 0.3) is 0 Å². The second kappa shape index (κ2) is 2.59. The molecule has 0 fully saturated rings. The molecule has 1 unspecified atom stereocenters. The van der Waals surface area contributed by atoms with E-state index < -0.39 is 0 Å². The van der Waals surface area contributed by atoms with Gasteiger partial charge in [0.15, 0.2) is 0 Å². The molecule has 1 atom stereocenters. The Morgan fingerprint density at radius 1 is 1.40 bits per heavy atom. The molecule has 1 radical (unpaired) electrons. The van der Waals surface area contributed by atoms with Crippen LogP contribution in [0, 0.1) is 5.92 Å². The summed E-state index contributed by atoms with van der Waals surface area (Å²) < 4.78 is 0. The molecule has 0 N–H and O–H groups in total. The fourth-order valence-corrected chi connectivity index (χ4v) is 1.65. The molecule has 1 aliphatic heterocycles. The molecule has 0 saturated heterocycles. The average Bonchev–Trinajstić information content (AvgIpc) is 2.05. The van der Waals surface area contributed by atoms with Crippen LogP contribution in [0.3, 0.4) is 0 Å². The van der Waals surface area contributed by atoms with Gasteiger partial charge in [-0.05, 0) is 18.8 Å². The van der Waals surface area contributed by atoms with Gasteiger partial charge >= 0.3 is 0 Å². The lowest BCUT2D eigenvalue weighted by atomic mass is 9.87. The Hall–Kier alpha value is -0.560. The Labute approximate surface area is 61.8 Å². The summed E-state index contributed by atoms with van der Waals surface area (Å²) in [4.78, 5) is 0. The minimum Gasteiger partial charge on any atom is -0.237 e. The fraction of sp³-hybridized carbons (Fsp3) is 0.556. The van der Waals surface area contributed by atoms with E-state index in [0.717, 1.165) is 19.0 Å². The minimum atomic E-state index is 0.763. The molecule has 0 aromatic rings. The smallest absolute Gasteiger partial charge is 0.0317 e. The van der Waals surface area contributed by atoms with Gasteiger partial charge in [0.2, 0.25) is 0 Å². The summed E-state index contributed by atoms with van der Waals surface area (Å²) in [6, 6.07) is 0. The van der Waals surface area contributed by atoms with Crippen molar-refractivity contribution in [2.24, 2.45) is 5.92 Å². The van der Waals surface area contributed by atoms with Crippen LogP contribution in [0.25, 0.3) is 0 Å². The second-order valence-electron chi connectivity index (χ2n) is 2.98. The van der Waals surface area contributed by atoms with Gasteiger partial charge in [0.05, 0.1) is 0 Å². The first-order valence-electron chi connectivity index (χ1n) is 3.94. The van der Waals surface area contributed by atoms with E-state index in [2.05, 4.69) is 23.5 Å². The Kier molecular flexibility index (Phi) is 1.60. The molecule has 0 bridgehead atoms.